The molecule has 2 atom stereocenters. The average Bonchev–Trinajstić information content (AvgIpc) is 3.21. The number of aliphatic hydroxyl groups is 1. The van der Waals surface area contributed by atoms with E-state index in [4.69, 9.17) is 21.1 Å². The zero-order valence-corrected chi connectivity index (χ0v) is 17.4. The fourth-order valence-corrected chi connectivity index (χ4v) is 4.17. The van der Waals surface area contributed by atoms with Crippen molar-refractivity contribution in [3.05, 3.63) is 67.8 Å². The maximum atomic E-state index is 10.9. The van der Waals surface area contributed by atoms with Gasteiger partial charge in [0.1, 0.15) is 21.5 Å². The smallest absolute Gasteiger partial charge is 0.231 e. The first-order valence-corrected chi connectivity index (χ1v) is 9.90. The Bertz CT molecular complexity index is 863. The standard InChI is InChI=1S/C18H15Br2ClN2O3/c19-16-17(20)23(18(22-16)15(24)10-4-2-1-3-5-10)8-11-6-13-14(7-12(11)21)26-9-25-13/h1-7,15,18,22,24H,8-9H2. The van der Waals surface area contributed by atoms with Crippen molar-refractivity contribution in [1.29, 1.82) is 0 Å². The topological polar surface area (TPSA) is 54.0 Å². The highest BCUT2D eigenvalue weighted by Crippen LogP contribution is 2.40. The Balaban J connectivity index is 1.63. The summed E-state index contributed by atoms with van der Waals surface area (Å²) in [5, 5.41) is 14.7. The molecular weight excluding hydrogens is 487 g/mol. The van der Waals surface area contributed by atoms with Crippen LogP contribution in [0, 0.1) is 0 Å². The van der Waals surface area contributed by atoms with Crippen LogP contribution in [0.15, 0.2) is 51.7 Å². The first kappa shape index (κ1) is 18.0. The van der Waals surface area contributed by atoms with E-state index in [1.807, 2.05) is 41.3 Å². The Morgan fingerprint density at radius 1 is 1.19 bits per heavy atom. The fraction of sp³-hybridized carbons (Fsp3) is 0.222. The number of nitrogens with zero attached hydrogens (tertiary/aromatic N) is 1. The highest BCUT2D eigenvalue weighted by molar-refractivity contribution is 9.14. The van der Waals surface area contributed by atoms with Crippen LogP contribution in [0.3, 0.4) is 0 Å². The summed E-state index contributed by atoms with van der Waals surface area (Å²) in [7, 11) is 0. The van der Waals surface area contributed by atoms with E-state index in [-0.39, 0.29) is 13.0 Å². The molecule has 0 radical (unpaired) electrons. The van der Waals surface area contributed by atoms with E-state index in [1.54, 1.807) is 6.07 Å². The Labute approximate surface area is 172 Å². The van der Waals surface area contributed by atoms with E-state index in [2.05, 4.69) is 37.2 Å². The second-order valence-electron chi connectivity index (χ2n) is 5.97. The van der Waals surface area contributed by atoms with Gasteiger partial charge >= 0.3 is 0 Å². The van der Waals surface area contributed by atoms with Gasteiger partial charge in [-0.25, -0.2) is 0 Å². The summed E-state index contributed by atoms with van der Waals surface area (Å²) in [5.41, 5.74) is 1.71. The van der Waals surface area contributed by atoms with Crippen LogP contribution in [-0.4, -0.2) is 23.0 Å². The van der Waals surface area contributed by atoms with Crippen LogP contribution in [0.5, 0.6) is 11.5 Å². The van der Waals surface area contributed by atoms with Gasteiger partial charge in [0.05, 0.1) is 0 Å². The Kier molecular flexibility index (Phi) is 5.05. The highest BCUT2D eigenvalue weighted by atomic mass is 79.9. The third-order valence-corrected chi connectivity index (χ3v) is 6.71. The lowest BCUT2D eigenvalue weighted by Gasteiger charge is -2.31. The number of nitrogens with one attached hydrogen (secondary N) is 1. The van der Waals surface area contributed by atoms with Gasteiger partial charge in [-0.1, -0.05) is 41.9 Å². The summed E-state index contributed by atoms with van der Waals surface area (Å²) in [6.45, 7) is 0.678. The molecule has 0 amide bonds. The summed E-state index contributed by atoms with van der Waals surface area (Å²) < 4.78 is 12.4. The molecule has 2 aromatic carbocycles. The van der Waals surface area contributed by atoms with E-state index < -0.39 is 6.10 Å². The van der Waals surface area contributed by atoms with Gasteiger partial charge < -0.3 is 24.8 Å². The summed E-state index contributed by atoms with van der Waals surface area (Å²) in [5.74, 6) is 1.32. The molecule has 0 saturated heterocycles. The molecule has 0 bridgehead atoms. The Hall–Kier alpha value is -1.41. The molecule has 4 rings (SSSR count). The van der Waals surface area contributed by atoms with Crippen molar-refractivity contribution in [2.45, 2.75) is 18.8 Å². The predicted octanol–water partition coefficient (Wildman–Crippen LogP) is 4.45. The van der Waals surface area contributed by atoms with Crippen LogP contribution in [-0.2, 0) is 6.54 Å². The van der Waals surface area contributed by atoms with Gasteiger partial charge in [0.25, 0.3) is 0 Å². The molecule has 0 spiro atoms. The van der Waals surface area contributed by atoms with Crippen LogP contribution in [0.25, 0.3) is 0 Å². The van der Waals surface area contributed by atoms with Crippen molar-refractivity contribution >= 4 is 43.5 Å². The lowest BCUT2D eigenvalue weighted by atomic mass is 10.1. The molecule has 2 aliphatic rings. The number of fused-ring (bicyclic) bond motifs is 1. The molecule has 8 heteroatoms. The van der Waals surface area contributed by atoms with Crippen molar-refractivity contribution < 1.29 is 14.6 Å². The molecule has 2 heterocycles. The summed E-state index contributed by atoms with van der Waals surface area (Å²) >= 11 is 13.5. The van der Waals surface area contributed by atoms with Crippen molar-refractivity contribution in [2.75, 3.05) is 6.79 Å². The second kappa shape index (κ2) is 7.31. The predicted molar refractivity (Wildman–Crippen MR) is 106 cm³/mol. The average molecular weight is 503 g/mol. The Morgan fingerprint density at radius 3 is 2.62 bits per heavy atom. The molecule has 2 unspecified atom stereocenters. The number of benzene rings is 2. The van der Waals surface area contributed by atoms with Crippen LogP contribution in [0.2, 0.25) is 5.02 Å². The van der Waals surface area contributed by atoms with Gasteiger partial charge in [-0.15, -0.1) is 0 Å². The molecule has 0 aliphatic carbocycles. The minimum atomic E-state index is -0.730. The number of hydrogen-bond acceptors (Lipinski definition) is 5. The number of hydrogen-bond donors (Lipinski definition) is 2. The first-order chi connectivity index (χ1) is 12.5. The first-order valence-electron chi connectivity index (χ1n) is 7.94. The molecule has 2 aliphatic heterocycles. The van der Waals surface area contributed by atoms with Crippen LogP contribution in [0.4, 0.5) is 0 Å². The van der Waals surface area contributed by atoms with E-state index in [1.165, 1.54) is 0 Å². The van der Waals surface area contributed by atoms with Gasteiger partial charge in [-0.05, 0) is 49.1 Å². The van der Waals surface area contributed by atoms with Gasteiger partial charge in [0.15, 0.2) is 11.5 Å². The quantitative estimate of drug-likeness (QED) is 0.606. The van der Waals surface area contributed by atoms with E-state index in [0.29, 0.717) is 23.1 Å². The SMILES string of the molecule is OC(c1ccccc1)C1NC(Br)=C(Br)N1Cc1cc2c(cc1Cl)OCO2. The third-order valence-electron chi connectivity index (χ3n) is 4.37. The molecule has 136 valence electrons. The van der Waals surface area contributed by atoms with E-state index in [9.17, 15) is 5.11 Å². The monoisotopic (exact) mass is 500 g/mol. The zero-order valence-electron chi connectivity index (χ0n) is 13.5. The molecule has 2 N–H and O–H groups in total. The largest absolute Gasteiger partial charge is 0.454 e. The maximum Gasteiger partial charge on any atom is 0.231 e. The minimum absolute atomic E-state index is 0.199. The number of aliphatic hydroxyl groups excluding tert-OH is 1. The van der Waals surface area contributed by atoms with Crippen molar-refractivity contribution in [2.24, 2.45) is 0 Å². The third kappa shape index (κ3) is 3.29. The molecule has 0 aromatic heterocycles. The maximum absolute atomic E-state index is 10.9. The Morgan fingerprint density at radius 2 is 1.88 bits per heavy atom. The number of ether oxygens (including phenoxy) is 2. The van der Waals surface area contributed by atoms with Crippen molar-refractivity contribution in [1.82, 2.24) is 10.2 Å². The van der Waals surface area contributed by atoms with Gasteiger partial charge in [-0.2, -0.15) is 0 Å². The minimum Gasteiger partial charge on any atom is -0.454 e. The molecule has 5 nitrogen and oxygen atoms in total. The number of rotatable bonds is 4. The van der Waals surface area contributed by atoms with Crippen molar-refractivity contribution in [3.8, 4) is 11.5 Å². The van der Waals surface area contributed by atoms with Crippen LogP contribution < -0.4 is 14.8 Å². The molecule has 26 heavy (non-hydrogen) atoms. The molecule has 0 saturated carbocycles. The van der Waals surface area contributed by atoms with Gasteiger partial charge in [-0.3, -0.25) is 0 Å². The lowest BCUT2D eigenvalue weighted by molar-refractivity contribution is 0.0671. The normalized spacial score (nSPS) is 19.7. The fourth-order valence-electron chi connectivity index (χ4n) is 3.03. The van der Waals surface area contributed by atoms with Crippen LogP contribution in [0.1, 0.15) is 17.2 Å². The zero-order chi connectivity index (χ0) is 18.3. The summed E-state index contributed by atoms with van der Waals surface area (Å²) in [4.78, 5) is 2.01. The summed E-state index contributed by atoms with van der Waals surface area (Å²) in [6, 6.07) is 13.2. The highest BCUT2D eigenvalue weighted by Gasteiger charge is 2.35. The molecule has 2 aromatic rings. The van der Waals surface area contributed by atoms with Gasteiger partial charge in [0, 0.05) is 17.6 Å². The van der Waals surface area contributed by atoms with E-state index in [0.717, 1.165) is 20.3 Å². The van der Waals surface area contributed by atoms with Gasteiger partial charge in [0.2, 0.25) is 6.79 Å². The second-order valence-corrected chi connectivity index (χ2v) is 7.93. The van der Waals surface area contributed by atoms with Crippen molar-refractivity contribution in [3.63, 3.8) is 0 Å². The van der Waals surface area contributed by atoms with Crippen LogP contribution >= 0.6 is 43.5 Å². The number of halogens is 3. The molecule has 0 fully saturated rings. The summed E-state index contributed by atoms with van der Waals surface area (Å²) in [6.07, 6.45) is -1.09. The lowest BCUT2D eigenvalue weighted by Crippen LogP contribution is -2.41. The molecular formula is C18H15Br2ClN2O3. The van der Waals surface area contributed by atoms with E-state index >= 15 is 0 Å².